The molecule has 0 saturated heterocycles. The topological polar surface area (TPSA) is 75.1 Å². The summed E-state index contributed by atoms with van der Waals surface area (Å²) in [5.41, 5.74) is 0.755. The third kappa shape index (κ3) is 5.01. The van der Waals surface area contributed by atoms with Crippen molar-refractivity contribution in [1.82, 2.24) is 9.97 Å². The molecule has 0 fully saturated rings. The minimum absolute atomic E-state index is 0. The van der Waals surface area contributed by atoms with Gasteiger partial charge in [-0.2, -0.15) is 0 Å². The second kappa shape index (κ2) is 7.30. The molecule has 0 unspecified atom stereocenters. The first kappa shape index (κ1) is 14.0. The van der Waals surface area contributed by atoms with E-state index in [0.29, 0.717) is 6.42 Å². The summed E-state index contributed by atoms with van der Waals surface area (Å²) in [6.45, 7) is 0. The van der Waals surface area contributed by atoms with Gasteiger partial charge in [-0.3, -0.25) is 0 Å². The number of aryl methyl sites for hydroxylation is 1. The van der Waals surface area contributed by atoms with Crippen molar-refractivity contribution in [3.8, 4) is 6.01 Å². The summed E-state index contributed by atoms with van der Waals surface area (Å²) < 4.78 is 4.74. The molecule has 1 aromatic rings. The molecule has 1 rings (SSSR count). The Kier molecular flexibility index (Phi) is 7.29. The Labute approximate surface area is 124 Å². The molecule has 0 bridgehead atoms. The maximum absolute atomic E-state index is 10.1. The minimum atomic E-state index is -1.07. The van der Waals surface area contributed by atoms with Crippen LogP contribution in [0, 0.1) is 0 Å². The molecular weight excluding hydrogens is 211 g/mol. The SMILES string of the molecule is COc1ncc(CCC(=O)[O-])cn1.[K+]. The molecule has 6 heteroatoms. The molecule has 0 aliphatic rings. The fourth-order valence-electron chi connectivity index (χ4n) is 0.824. The summed E-state index contributed by atoms with van der Waals surface area (Å²) in [7, 11) is 1.47. The summed E-state index contributed by atoms with van der Waals surface area (Å²) >= 11 is 0. The number of rotatable bonds is 4. The minimum Gasteiger partial charge on any atom is -0.550 e. The van der Waals surface area contributed by atoms with Crippen LogP contribution < -0.4 is 61.2 Å². The number of carbonyl (C=O) groups is 1. The number of carbonyl (C=O) groups excluding carboxylic acids is 1. The molecule has 0 radical (unpaired) electrons. The molecule has 1 heterocycles. The second-order valence-corrected chi connectivity index (χ2v) is 2.45. The Morgan fingerprint density at radius 3 is 2.50 bits per heavy atom. The molecule has 70 valence electrons. The summed E-state index contributed by atoms with van der Waals surface area (Å²) in [5, 5.41) is 10.1. The van der Waals surface area contributed by atoms with E-state index in [1.54, 1.807) is 0 Å². The Hall–Kier alpha value is -0.0136. The van der Waals surface area contributed by atoms with E-state index in [-0.39, 0.29) is 63.8 Å². The van der Waals surface area contributed by atoms with Gasteiger partial charge >= 0.3 is 57.4 Å². The first-order valence-corrected chi connectivity index (χ1v) is 3.77. The first-order valence-electron chi connectivity index (χ1n) is 3.77. The molecule has 0 aliphatic heterocycles. The van der Waals surface area contributed by atoms with E-state index in [1.807, 2.05) is 0 Å². The number of aliphatic carboxylic acids is 1. The third-order valence-corrected chi connectivity index (χ3v) is 1.48. The van der Waals surface area contributed by atoms with Crippen LogP contribution in [0.2, 0.25) is 0 Å². The molecule has 5 nitrogen and oxygen atoms in total. The number of hydrogen-bond acceptors (Lipinski definition) is 5. The van der Waals surface area contributed by atoms with Gasteiger partial charge < -0.3 is 14.6 Å². The molecule has 0 amide bonds. The van der Waals surface area contributed by atoms with Crippen LogP contribution in [0.1, 0.15) is 12.0 Å². The van der Waals surface area contributed by atoms with E-state index in [0.717, 1.165) is 5.56 Å². The van der Waals surface area contributed by atoms with Gasteiger partial charge in [0.05, 0.1) is 7.11 Å². The van der Waals surface area contributed by atoms with Crippen LogP contribution in [0.3, 0.4) is 0 Å². The first-order chi connectivity index (χ1) is 6.22. The molecule has 0 spiro atoms. The molecular formula is C8H9KN2O3. The molecule has 0 atom stereocenters. The monoisotopic (exact) mass is 220 g/mol. The Morgan fingerprint density at radius 1 is 1.50 bits per heavy atom. The van der Waals surface area contributed by atoms with Crippen LogP contribution in [-0.4, -0.2) is 23.0 Å². The maximum Gasteiger partial charge on any atom is 1.00 e. The molecule has 0 N–H and O–H groups in total. The quantitative estimate of drug-likeness (QED) is 0.486. The average molecular weight is 220 g/mol. The van der Waals surface area contributed by atoms with Crippen molar-refractivity contribution in [2.24, 2.45) is 0 Å². The van der Waals surface area contributed by atoms with Crippen molar-refractivity contribution in [3.63, 3.8) is 0 Å². The van der Waals surface area contributed by atoms with E-state index in [9.17, 15) is 9.90 Å². The number of aromatic nitrogens is 2. The van der Waals surface area contributed by atoms with Crippen molar-refractivity contribution >= 4 is 5.97 Å². The van der Waals surface area contributed by atoms with Crippen molar-refractivity contribution in [1.29, 1.82) is 0 Å². The van der Waals surface area contributed by atoms with Gasteiger partial charge in [0.15, 0.2) is 0 Å². The van der Waals surface area contributed by atoms with E-state index >= 15 is 0 Å². The number of carboxylic acids is 1. The van der Waals surface area contributed by atoms with Crippen LogP contribution in [0.5, 0.6) is 6.01 Å². The fourth-order valence-corrected chi connectivity index (χ4v) is 0.824. The number of methoxy groups -OCH3 is 1. The van der Waals surface area contributed by atoms with Crippen LogP contribution in [0.4, 0.5) is 0 Å². The van der Waals surface area contributed by atoms with Crippen LogP contribution in [0.15, 0.2) is 12.4 Å². The van der Waals surface area contributed by atoms with Gasteiger partial charge in [-0.25, -0.2) is 9.97 Å². The molecule has 0 aromatic carbocycles. The standard InChI is InChI=1S/C8H10N2O3.K/c1-13-8-9-4-6(5-10-8)2-3-7(11)12;/h4-5H,2-3H2,1H3,(H,11,12);/q;+1/p-1. The predicted octanol–water partition coefficient (Wildman–Crippen LogP) is -3.83. The van der Waals surface area contributed by atoms with E-state index in [2.05, 4.69) is 9.97 Å². The van der Waals surface area contributed by atoms with Crippen LogP contribution >= 0.6 is 0 Å². The van der Waals surface area contributed by atoms with Gasteiger partial charge in [0, 0.05) is 18.4 Å². The summed E-state index contributed by atoms with van der Waals surface area (Å²) in [5.74, 6) is -1.07. The van der Waals surface area contributed by atoms with E-state index in [1.165, 1.54) is 19.5 Å². The molecule has 14 heavy (non-hydrogen) atoms. The van der Waals surface area contributed by atoms with Gasteiger partial charge in [-0.05, 0) is 18.4 Å². The molecule has 0 aliphatic carbocycles. The zero-order valence-corrected chi connectivity index (χ0v) is 11.3. The summed E-state index contributed by atoms with van der Waals surface area (Å²) in [6.07, 6.45) is 3.44. The van der Waals surface area contributed by atoms with Gasteiger partial charge in [0.2, 0.25) is 0 Å². The Balaban J connectivity index is 0.00000169. The van der Waals surface area contributed by atoms with Crippen molar-refractivity contribution < 1.29 is 66.0 Å². The summed E-state index contributed by atoms with van der Waals surface area (Å²) in [4.78, 5) is 17.8. The van der Waals surface area contributed by atoms with Gasteiger partial charge in [0.1, 0.15) is 0 Å². The van der Waals surface area contributed by atoms with Gasteiger partial charge in [0.25, 0.3) is 0 Å². The van der Waals surface area contributed by atoms with Crippen LogP contribution in [-0.2, 0) is 11.2 Å². The third-order valence-electron chi connectivity index (χ3n) is 1.48. The molecule has 1 aromatic heterocycles. The zero-order valence-electron chi connectivity index (χ0n) is 8.19. The summed E-state index contributed by atoms with van der Waals surface area (Å²) in [6, 6.07) is 0.275. The Bertz CT molecular complexity index is 289. The van der Waals surface area contributed by atoms with Crippen molar-refractivity contribution in [2.45, 2.75) is 12.8 Å². The van der Waals surface area contributed by atoms with Crippen molar-refractivity contribution in [2.75, 3.05) is 7.11 Å². The predicted molar refractivity (Wildman–Crippen MR) is 41.9 cm³/mol. The second-order valence-electron chi connectivity index (χ2n) is 2.45. The smallest absolute Gasteiger partial charge is 0.550 e. The van der Waals surface area contributed by atoms with Crippen molar-refractivity contribution in [3.05, 3.63) is 18.0 Å². The van der Waals surface area contributed by atoms with Gasteiger partial charge in [-0.1, -0.05) is 0 Å². The number of hydrogen-bond donors (Lipinski definition) is 0. The average Bonchev–Trinajstić information content (AvgIpc) is 2.15. The van der Waals surface area contributed by atoms with Gasteiger partial charge in [-0.15, -0.1) is 0 Å². The fraction of sp³-hybridized carbons (Fsp3) is 0.375. The van der Waals surface area contributed by atoms with Crippen LogP contribution in [0.25, 0.3) is 0 Å². The van der Waals surface area contributed by atoms with E-state index in [4.69, 9.17) is 4.74 Å². The molecule has 0 saturated carbocycles. The number of carboxylic acid groups (broad SMARTS) is 1. The number of nitrogens with zero attached hydrogens (tertiary/aromatic N) is 2. The largest absolute Gasteiger partial charge is 1.00 e. The normalized spacial score (nSPS) is 8.93. The number of ether oxygens (including phenoxy) is 1. The zero-order chi connectivity index (χ0) is 9.68. The Morgan fingerprint density at radius 2 is 2.07 bits per heavy atom. The van der Waals surface area contributed by atoms with E-state index < -0.39 is 5.97 Å². The maximum atomic E-state index is 10.1.